The molecule has 0 radical (unpaired) electrons. The van der Waals surface area contributed by atoms with E-state index < -0.39 is 11.9 Å². The number of Topliss-reactive ketones (excluding diaryl/α,β-unsaturated/α-hetero) is 1. The monoisotopic (exact) mass is 413 g/mol. The molecule has 2 aromatic rings. The number of amides is 1. The summed E-state index contributed by atoms with van der Waals surface area (Å²) in [7, 11) is 0. The van der Waals surface area contributed by atoms with Crippen molar-refractivity contribution in [3.8, 4) is 0 Å². The van der Waals surface area contributed by atoms with Crippen LogP contribution in [0.3, 0.4) is 0 Å². The van der Waals surface area contributed by atoms with Crippen LogP contribution in [0.15, 0.2) is 29.3 Å². The number of fused-ring (bicyclic) bond motifs is 1. The summed E-state index contributed by atoms with van der Waals surface area (Å²) in [5.74, 6) is -2.05. The van der Waals surface area contributed by atoms with Gasteiger partial charge in [-0.05, 0) is 25.1 Å². The van der Waals surface area contributed by atoms with Gasteiger partial charge in [0.1, 0.15) is 11.5 Å². The minimum atomic E-state index is -0.778. The van der Waals surface area contributed by atoms with Gasteiger partial charge in [0.05, 0.1) is 17.1 Å². The molecule has 0 saturated carbocycles. The molecule has 3 heterocycles. The van der Waals surface area contributed by atoms with Crippen LogP contribution < -0.4 is 10.6 Å². The van der Waals surface area contributed by atoms with Crippen LogP contribution >= 0.6 is 0 Å². The van der Waals surface area contributed by atoms with E-state index in [0.717, 1.165) is 0 Å². The summed E-state index contributed by atoms with van der Waals surface area (Å²) in [6.07, 6.45) is 0.0334. The number of nitrogens with two attached hydrogens (primary N) is 1. The Morgan fingerprint density at radius 3 is 2.53 bits per heavy atom. The maximum Gasteiger partial charge on any atom is 0.267 e. The van der Waals surface area contributed by atoms with E-state index in [9.17, 15) is 18.4 Å². The van der Waals surface area contributed by atoms with Gasteiger partial charge < -0.3 is 10.6 Å². The van der Waals surface area contributed by atoms with Gasteiger partial charge in [0.2, 0.25) is 5.95 Å². The van der Waals surface area contributed by atoms with Gasteiger partial charge >= 0.3 is 0 Å². The van der Waals surface area contributed by atoms with Crippen LogP contribution in [0, 0.1) is 11.8 Å². The molecule has 30 heavy (non-hydrogen) atoms. The molecule has 1 aromatic carbocycles. The van der Waals surface area contributed by atoms with Gasteiger partial charge in [0.25, 0.3) is 5.91 Å². The Morgan fingerprint density at radius 2 is 1.87 bits per heavy atom. The van der Waals surface area contributed by atoms with Gasteiger partial charge in [0, 0.05) is 50.3 Å². The lowest BCUT2D eigenvalue weighted by Gasteiger charge is -2.36. The van der Waals surface area contributed by atoms with Crippen LogP contribution in [-0.4, -0.2) is 53.5 Å². The predicted molar refractivity (Wildman–Crippen MR) is 108 cm³/mol. The molecule has 0 atom stereocenters. The third-order valence-corrected chi connectivity index (χ3v) is 5.52. The lowest BCUT2D eigenvalue weighted by Crippen LogP contribution is -2.46. The minimum Gasteiger partial charge on any atom is -0.365 e. The topological polar surface area (TPSA) is 91.9 Å². The van der Waals surface area contributed by atoms with E-state index >= 15 is 0 Å². The van der Waals surface area contributed by atoms with Crippen molar-refractivity contribution in [3.05, 3.63) is 52.9 Å². The molecular formula is C21H21F2N5O2. The third-order valence-electron chi connectivity index (χ3n) is 5.52. The summed E-state index contributed by atoms with van der Waals surface area (Å²) in [6.45, 7) is 4.29. The van der Waals surface area contributed by atoms with E-state index in [4.69, 9.17) is 5.73 Å². The van der Waals surface area contributed by atoms with Crippen LogP contribution in [0.1, 0.15) is 28.5 Å². The summed E-state index contributed by atoms with van der Waals surface area (Å²) < 4.78 is 29.2. The molecule has 0 spiro atoms. The molecule has 4 rings (SSSR count). The highest BCUT2D eigenvalue weighted by Gasteiger charge is 2.25. The zero-order valence-corrected chi connectivity index (χ0v) is 16.5. The highest BCUT2D eigenvalue weighted by Crippen LogP contribution is 2.30. The van der Waals surface area contributed by atoms with Crippen LogP contribution in [0.25, 0.3) is 0 Å². The summed E-state index contributed by atoms with van der Waals surface area (Å²) in [5.41, 5.74) is 7.11. The Kier molecular flexibility index (Phi) is 5.29. The first-order valence-electron chi connectivity index (χ1n) is 9.66. The van der Waals surface area contributed by atoms with Crippen molar-refractivity contribution in [2.75, 3.05) is 31.1 Å². The van der Waals surface area contributed by atoms with Gasteiger partial charge in [-0.3, -0.25) is 14.5 Å². The number of hydrogen-bond donors (Lipinski definition) is 1. The number of halogens is 2. The number of benzene rings is 1. The number of aliphatic imine (C=N–C) groups is 1. The number of primary amides is 1. The summed E-state index contributed by atoms with van der Waals surface area (Å²) in [5, 5.41) is 0. The largest absolute Gasteiger partial charge is 0.365 e. The minimum absolute atomic E-state index is 0.0334. The second kappa shape index (κ2) is 7.91. The fourth-order valence-electron chi connectivity index (χ4n) is 3.77. The van der Waals surface area contributed by atoms with Gasteiger partial charge in [-0.15, -0.1) is 0 Å². The number of nitrogens with zero attached hydrogens (tertiary/aromatic N) is 4. The SMILES string of the molecule is CC1=Nc2ccc(CN3CCN(c4ccc(C(N)=O)nc4F)CC3)c(F)c2CC1=O. The molecular weight excluding hydrogens is 392 g/mol. The molecule has 156 valence electrons. The first kappa shape index (κ1) is 20.1. The average molecular weight is 413 g/mol. The van der Waals surface area contributed by atoms with Gasteiger partial charge in [-0.2, -0.15) is 4.39 Å². The third kappa shape index (κ3) is 3.80. The Labute approximate surface area is 172 Å². The molecule has 2 N–H and O–H groups in total. The van der Waals surface area contributed by atoms with Crippen molar-refractivity contribution in [3.63, 3.8) is 0 Å². The quantitative estimate of drug-likeness (QED) is 0.774. The number of aromatic nitrogens is 1. The molecule has 1 amide bonds. The van der Waals surface area contributed by atoms with Crippen molar-refractivity contribution >= 4 is 28.8 Å². The molecule has 1 aromatic heterocycles. The fraction of sp³-hybridized carbons (Fsp3) is 0.333. The van der Waals surface area contributed by atoms with E-state index in [-0.39, 0.29) is 23.7 Å². The van der Waals surface area contributed by atoms with Crippen LogP contribution in [0.2, 0.25) is 0 Å². The standard InChI is InChI=1S/C21H21F2N5O2/c1-12-18(29)10-14-15(25-12)3-2-13(19(14)22)11-27-6-8-28(9-7-27)17-5-4-16(21(24)30)26-20(17)23/h2-5H,6-11H2,1H3,(H2,24,30). The fourth-order valence-corrected chi connectivity index (χ4v) is 3.77. The maximum absolute atomic E-state index is 15.0. The zero-order chi connectivity index (χ0) is 21.4. The smallest absolute Gasteiger partial charge is 0.267 e. The number of carbonyl (C=O) groups excluding carboxylic acids is 2. The molecule has 0 bridgehead atoms. The normalized spacial score (nSPS) is 17.0. The number of carbonyl (C=O) groups is 2. The molecule has 7 nitrogen and oxygen atoms in total. The van der Waals surface area contributed by atoms with E-state index in [2.05, 4.69) is 14.9 Å². The Hall–Kier alpha value is -3.20. The Bertz CT molecular complexity index is 1060. The Balaban J connectivity index is 1.43. The van der Waals surface area contributed by atoms with Crippen LogP contribution in [0.5, 0.6) is 0 Å². The van der Waals surface area contributed by atoms with Crippen molar-refractivity contribution in [1.29, 1.82) is 0 Å². The molecule has 0 aliphatic carbocycles. The lowest BCUT2D eigenvalue weighted by atomic mass is 9.97. The van der Waals surface area contributed by atoms with Gasteiger partial charge in [-0.1, -0.05) is 6.07 Å². The summed E-state index contributed by atoms with van der Waals surface area (Å²) in [4.78, 5) is 34.7. The first-order chi connectivity index (χ1) is 14.3. The number of piperazine rings is 1. The van der Waals surface area contributed by atoms with E-state index in [0.29, 0.717) is 60.9 Å². The molecule has 1 fully saturated rings. The van der Waals surface area contributed by atoms with Crippen molar-refractivity contribution in [2.45, 2.75) is 19.9 Å². The van der Waals surface area contributed by atoms with E-state index in [1.807, 2.05) is 4.90 Å². The zero-order valence-electron chi connectivity index (χ0n) is 16.5. The summed E-state index contributed by atoms with van der Waals surface area (Å²) >= 11 is 0. The van der Waals surface area contributed by atoms with Crippen molar-refractivity contribution in [1.82, 2.24) is 9.88 Å². The molecule has 0 unspecified atom stereocenters. The number of ketones is 1. The number of rotatable bonds is 4. The van der Waals surface area contributed by atoms with E-state index in [1.54, 1.807) is 19.1 Å². The highest BCUT2D eigenvalue weighted by molar-refractivity contribution is 6.40. The molecule has 2 aliphatic rings. The number of hydrogen-bond acceptors (Lipinski definition) is 6. The van der Waals surface area contributed by atoms with E-state index in [1.165, 1.54) is 12.1 Å². The Morgan fingerprint density at radius 1 is 1.13 bits per heavy atom. The van der Waals surface area contributed by atoms with Crippen LogP contribution in [-0.2, 0) is 17.8 Å². The first-order valence-corrected chi connectivity index (χ1v) is 9.66. The highest BCUT2D eigenvalue weighted by atomic mass is 19.1. The van der Waals surface area contributed by atoms with Gasteiger partial charge in [0.15, 0.2) is 5.78 Å². The maximum atomic E-state index is 15.0. The summed E-state index contributed by atoms with van der Waals surface area (Å²) in [6, 6.07) is 6.36. The van der Waals surface area contributed by atoms with Gasteiger partial charge in [-0.25, -0.2) is 14.4 Å². The van der Waals surface area contributed by atoms with Crippen LogP contribution in [0.4, 0.5) is 20.2 Å². The van der Waals surface area contributed by atoms with Crippen molar-refractivity contribution in [2.24, 2.45) is 10.7 Å². The van der Waals surface area contributed by atoms with Crippen molar-refractivity contribution < 1.29 is 18.4 Å². The lowest BCUT2D eigenvalue weighted by molar-refractivity contribution is -0.112. The number of anilines is 1. The predicted octanol–water partition coefficient (Wildman–Crippen LogP) is 2.00. The molecule has 2 aliphatic heterocycles. The second-order valence-electron chi connectivity index (χ2n) is 7.47. The number of pyridine rings is 1. The average Bonchev–Trinajstić information content (AvgIpc) is 2.72. The second-order valence-corrected chi connectivity index (χ2v) is 7.47. The molecule has 1 saturated heterocycles. The molecule has 9 heteroatoms.